The van der Waals surface area contributed by atoms with Crippen molar-refractivity contribution in [3.8, 4) is 0 Å². The first-order chi connectivity index (χ1) is 9.60. The Morgan fingerprint density at radius 2 is 2.15 bits per heavy atom. The van der Waals surface area contributed by atoms with Gasteiger partial charge < -0.3 is 4.57 Å². The van der Waals surface area contributed by atoms with Gasteiger partial charge >= 0.3 is 0 Å². The standard InChI is InChI=1S/C16H21N3O/c1-4-14-12(9-18(3)17-14)10-19-11(2)8-13-15(19)6-5-7-16(13)20/h8-9H,4-7,10H2,1-3H3. The molecule has 4 heteroatoms. The third kappa shape index (κ3) is 2.09. The number of hydrogen-bond acceptors (Lipinski definition) is 2. The van der Waals surface area contributed by atoms with Crippen molar-refractivity contribution in [2.75, 3.05) is 0 Å². The minimum Gasteiger partial charge on any atom is -0.344 e. The number of carbonyl (C=O) groups excluding carboxylic acids is 1. The Morgan fingerprint density at radius 1 is 1.35 bits per heavy atom. The summed E-state index contributed by atoms with van der Waals surface area (Å²) in [5.41, 5.74) is 5.74. The second kappa shape index (κ2) is 4.93. The molecule has 3 rings (SSSR count). The maximum Gasteiger partial charge on any atom is 0.164 e. The lowest BCUT2D eigenvalue weighted by Gasteiger charge is -2.16. The van der Waals surface area contributed by atoms with Crippen molar-refractivity contribution in [2.24, 2.45) is 7.05 Å². The highest BCUT2D eigenvalue weighted by molar-refractivity contribution is 5.98. The Balaban J connectivity index is 2.01. The van der Waals surface area contributed by atoms with E-state index in [2.05, 4.69) is 35.8 Å². The van der Waals surface area contributed by atoms with Crippen LogP contribution >= 0.6 is 0 Å². The molecule has 2 aromatic rings. The van der Waals surface area contributed by atoms with Crippen molar-refractivity contribution < 1.29 is 4.79 Å². The molecule has 0 saturated carbocycles. The maximum atomic E-state index is 12.0. The predicted molar refractivity (Wildman–Crippen MR) is 78.1 cm³/mol. The number of rotatable bonds is 3. The Labute approximate surface area is 119 Å². The summed E-state index contributed by atoms with van der Waals surface area (Å²) < 4.78 is 4.17. The van der Waals surface area contributed by atoms with Crippen LogP contribution in [0.1, 0.15) is 52.8 Å². The average Bonchev–Trinajstić information content (AvgIpc) is 2.93. The fourth-order valence-electron chi connectivity index (χ4n) is 3.19. The Hall–Kier alpha value is -1.84. The van der Waals surface area contributed by atoms with Gasteiger partial charge in [0.05, 0.1) is 12.2 Å². The quantitative estimate of drug-likeness (QED) is 0.861. The largest absolute Gasteiger partial charge is 0.344 e. The van der Waals surface area contributed by atoms with Gasteiger partial charge in [0.25, 0.3) is 0 Å². The van der Waals surface area contributed by atoms with Crippen LogP contribution in [0, 0.1) is 6.92 Å². The number of carbonyl (C=O) groups is 1. The van der Waals surface area contributed by atoms with Gasteiger partial charge in [-0.05, 0) is 32.3 Å². The monoisotopic (exact) mass is 271 g/mol. The molecule has 0 bridgehead atoms. The SMILES string of the molecule is CCc1nn(C)cc1Cn1c(C)cc2c1CCCC2=O. The summed E-state index contributed by atoms with van der Waals surface area (Å²) in [5, 5.41) is 4.50. The van der Waals surface area contributed by atoms with E-state index in [9.17, 15) is 4.79 Å². The fourth-order valence-corrected chi connectivity index (χ4v) is 3.19. The molecule has 2 heterocycles. The van der Waals surface area contributed by atoms with E-state index in [1.165, 1.54) is 17.0 Å². The molecule has 0 saturated heterocycles. The molecule has 4 nitrogen and oxygen atoms in total. The third-order valence-corrected chi connectivity index (χ3v) is 4.19. The van der Waals surface area contributed by atoms with Crippen LogP contribution in [0.3, 0.4) is 0 Å². The van der Waals surface area contributed by atoms with E-state index < -0.39 is 0 Å². The van der Waals surface area contributed by atoms with E-state index in [0.29, 0.717) is 12.2 Å². The summed E-state index contributed by atoms with van der Waals surface area (Å²) >= 11 is 0. The average molecular weight is 271 g/mol. The zero-order valence-electron chi connectivity index (χ0n) is 12.4. The number of nitrogens with zero attached hydrogens (tertiary/aromatic N) is 3. The van der Waals surface area contributed by atoms with Crippen LogP contribution in [0.15, 0.2) is 12.3 Å². The number of fused-ring (bicyclic) bond motifs is 1. The van der Waals surface area contributed by atoms with Gasteiger partial charge in [-0.15, -0.1) is 0 Å². The van der Waals surface area contributed by atoms with Gasteiger partial charge in [-0.25, -0.2) is 0 Å². The molecular formula is C16H21N3O. The van der Waals surface area contributed by atoms with Gasteiger partial charge in [0.2, 0.25) is 0 Å². The molecular weight excluding hydrogens is 250 g/mol. The van der Waals surface area contributed by atoms with E-state index in [1.54, 1.807) is 0 Å². The van der Waals surface area contributed by atoms with Crippen LogP contribution in [0.5, 0.6) is 0 Å². The summed E-state index contributed by atoms with van der Waals surface area (Å²) in [6.07, 6.45) is 5.72. The molecule has 0 fully saturated rings. The Kier molecular flexibility index (Phi) is 3.24. The minimum atomic E-state index is 0.301. The number of hydrogen-bond donors (Lipinski definition) is 0. The van der Waals surface area contributed by atoms with Gasteiger partial charge in [-0.1, -0.05) is 6.92 Å². The van der Waals surface area contributed by atoms with Gasteiger partial charge in [-0.3, -0.25) is 9.48 Å². The fraction of sp³-hybridized carbons (Fsp3) is 0.500. The number of ketones is 1. The van der Waals surface area contributed by atoms with Gasteiger partial charge in [-0.2, -0.15) is 5.10 Å². The molecule has 0 aliphatic heterocycles. The van der Waals surface area contributed by atoms with E-state index in [4.69, 9.17) is 0 Å². The molecule has 0 unspecified atom stereocenters. The van der Waals surface area contributed by atoms with Crippen molar-refractivity contribution in [3.05, 3.63) is 40.5 Å². The molecule has 1 aliphatic carbocycles. The van der Waals surface area contributed by atoms with Crippen molar-refractivity contribution in [3.63, 3.8) is 0 Å². The number of Topliss-reactive ketones (excluding diaryl/α,β-unsaturated/α-hetero) is 1. The second-order valence-electron chi connectivity index (χ2n) is 5.64. The van der Waals surface area contributed by atoms with E-state index in [1.807, 2.05) is 11.7 Å². The topological polar surface area (TPSA) is 39.8 Å². The molecule has 0 N–H and O–H groups in total. The molecule has 0 amide bonds. The molecule has 2 aromatic heterocycles. The normalized spacial score (nSPS) is 14.7. The predicted octanol–water partition coefficient (Wildman–Crippen LogP) is 2.66. The lowest BCUT2D eigenvalue weighted by molar-refractivity contribution is 0.0972. The highest BCUT2D eigenvalue weighted by Gasteiger charge is 2.23. The molecule has 1 aliphatic rings. The minimum absolute atomic E-state index is 0.301. The van der Waals surface area contributed by atoms with Crippen molar-refractivity contribution in [1.82, 2.24) is 14.3 Å². The highest BCUT2D eigenvalue weighted by Crippen LogP contribution is 2.26. The molecule has 0 spiro atoms. The lowest BCUT2D eigenvalue weighted by atomic mass is 9.96. The maximum absolute atomic E-state index is 12.0. The Bertz CT molecular complexity index is 664. The number of aryl methyl sites for hydroxylation is 3. The van der Waals surface area contributed by atoms with Gasteiger partial charge in [0, 0.05) is 42.2 Å². The molecule has 106 valence electrons. The molecule has 0 atom stereocenters. The first kappa shape index (κ1) is 13.2. The summed E-state index contributed by atoms with van der Waals surface area (Å²) in [7, 11) is 1.96. The van der Waals surface area contributed by atoms with Crippen molar-refractivity contribution in [1.29, 1.82) is 0 Å². The summed E-state index contributed by atoms with van der Waals surface area (Å²) in [5.74, 6) is 0.301. The van der Waals surface area contributed by atoms with Crippen LogP contribution in [0.4, 0.5) is 0 Å². The first-order valence-corrected chi connectivity index (χ1v) is 7.33. The van der Waals surface area contributed by atoms with E-state index in [0.717, 1.165) is 37.1 Å². The van der Waals surface area contributed by atoms with Crippen LogP contribution in [-0.2, 0) is 26.4 Å². The number of aromatic nitrogens is 3. The molecule has 0 aromatic carbocycles. The third-order valence-electron chi connectivity index (χ3n) is 4.19. The zero-order valence-corrected chi connectivity index (χ0v) is 12.4. The van der Waals surface area contributed by atoms with Crippen molar-refractivity contribution >= 4 is 5.78 Å². The van der Waals surface area contributed by atoms with Crippen molar-refractivity contribution in [2.45, 2.75) is 46.1 Å². The highest BCUT2D eigenvalue weighted by atomic mass is 16.1. The van der Waals surface area contributed by atoms with Crippen LogP contribution in [0.2, 0.25) is 0 Å². The molecule has 20 heavy (non-hydrogen) atoms. The smallest absolute Gasteiger partial charge is 0.164 e. The summed E-state index contributed by atoms with van der Waals surface area (Å²) in [4.78, 5) is 12.0. The second-order valence-corrected chi connectivity index (χ2v) is 5.64. The van der Waals surface area contributed by atoms with Crippen LogP contribution < -0.4 is 0 Å². The lowest BCUT2D eigenvalue weighted by Crippen LogP contribution is -2.14. The zero-order chi connectivity index (χ0) is 14.3. The summed E-state index contributed by atoms with van der Waals surface area (Å²) in [6.45, 7) is 5.05. The van der Waals surface area contributed by atoms with Gasteiger partial charge in [0.1, 0.15) is 0 Å². The summed E-state index contributed by atoms with van der Waals surface area (Å²) in [6, 6.07) is 2.05. The van der Waals surface area contributed by atoms with Crippen LogP contribution in [-0.4, -0.2) is 20.1 Å². The van der Waals surface area contributed by atoms with E-state index >= 15 is 0 Å². The first-order valence-electron chi connectivity index (χ1n) is 7.33. The Morgan fingerprint density at radius 3 is 2.90 bits per heavy atom. The van der Waals surface area contributed by atoms with Gasteiger partial charge in [0.15, 0.2) is 5.78 Å². The van der Waals surface area contributed by atoms with Crippen LogP contribution in [0.25, 0.3) is 0 Å². The van der Waals surface area contributed by atoms with E-state index in [-0.39, 0.29) is 0 Å². The molecule has 0 radical (unpaired) electrons.